The maximum atomic E-state index is 11.9. The summed E-state index contributed by atoms with van der Waals surface area (Å²) in [7, 11) is 0. The molecule has 0 aliphatic rings. The molecule has 1 amide bonds. The number of nitrogens with zero attached hydrogens (tertiary/aromatic N) is 1. The number of esters is 1. The van der Waals surface area contributed by atoms with Crippen LogP contribution in [0.15, 0.2) is 40.9 Å². The Balaban J connectivity index is 2.80. The van der Waals surface area contributed by atoms with Crippen molar-refractivity contribution in [3.63, 3.8) is 0 Å². The van der Waals surface area contributed by atoms with Gasteiger partial charge in [0.05, 0.1) is 6.61 Å². The zero-order valence-corrected chi connectivity index (χ0v) is 12.5. The number of hydrogen-bond acceptors (Lipinski definition) is 6. The van der Waals surface area contributed by atoms with Gasteiger partial charge < -0.3 is 4.74 Å². The van der Waals surface area contributed by atoms with E-state index in [9.17, 15) is 9.59 Å². The van der Waals surface area contributed by atoms with Gasteiger partial charge in [-0.05, 0) is 25.3 Å². The van der Waals surface area contributed by atoms with E-state index in [0.29, 0.717) is 5.56 Å². The molecule has 7 heteroatoms. The lowest BCUT2D eigenvalue weighted by molar-refractivity contribution is -0.138. The lowest BCUT2D eigenvalue weighted by Crippen LogP contribution is -2.37. The summed E-state index contributed by atoms with van der Waals surface area (Å²) in [5.74, 6) is -1.10. The van der Waals surface area contributed by atoms with Gasteiger partial charge in [0.25, 0.3) is 5.91 Å². The number of nitrogens with one attached hydrogen (secondary N) is 2. The van der Waals surface area contributed by atoms with E-state index in [1.54, 1.807) is 49.6 Å². The highest BCUT2D eigenvalue weighted by molar-refractivity contribution is 8.02. The predicted molar refractivity (Wildman–Crippen MR) is 79.8 cm³/mol. The van der Waals surface area contributed by atoms with Gasteiger partial charge in [0.2, 0.25) is 0 Å². The molecule has 0 unspecified atom stereocenters. The molecule has 2 N–H and O–H groups in total. The first kappa shape index (κ1) is 16.6. The van der Waals surface area contributed by atoms with E-state index in [1.165, 1.54) is 0 Å². The van der Waals surface area contributed by atoms with Crippen molar-refractivity contribution in [3.8, 4) is 6.07 Å². The summed E-state index contributed by atoms with van der Waals surface area (Å²) in [6, 6.07) is 10.3. The summed E-state index contributed by atoms with van der Waals surface area (Å²) < 4.78 is 4.78. The second-order valence-corrected chi connectivity index (χ2v) is 4.50. The molecule has 0 heterocycles. The van der Waals surface area contributed by atoms with Crippen molar-refractivity contribution in [1.29, 1.82) is 5.26 Å². The number of ether oxygens (including phenoxy) is 1. The van der Waals surface area contributed by atoms with Gasteiger partial charge in [-0.2, -0.15) is 5.26 Å². The van der Waals surface area contributed by atoms with Gasteiger partial charge in [0, 0.05) is 5.56 Å². The number of hydrogen-bond donors (Lipinski definition) is 2. The maximum Gasteiger partial charge on any atom is 0.351 e. The van der Waals surface area contributed by atoms with Crippen LogP contribution < -0.4 is 10.9 Å². The highest BCUT2D eigenvalue weighted by atomic mass is 32.2. The van der Waals surface area contributed by atoms with Crippen LogP contribution in [0.1, 0.15) is 17.3 Å². The molecule has 0 aromatic heterocycles. The van der Waals surface area contributed by atoms with Crippen LogP contribution >= 0.6 is 11.8 Å². The molecule has 110 valence electrons. The fraction of sp³-hybridized carbons (Fsp3) is 0.214. The zero-order valence-electron chi connectivity index (χ0n) is 11.7. The smallest absolute Gasteiger partial charge is 0.351 e. The van der Waals surface area contributed by atoms with Crippen molar-refractivity contribution in [3.05, 3.63) is 46.5 Å². The minimum absolute atomic E-state index is 0.169. The van der Waals surface area contributed by atoms with Crippen molar-refractivity contribution >= 4 is 23.6 Å². The van der Waals surface area contributed by atoms with Gasteiger partial charge in [-0.25, -0.2) is 4.79 Å². The molecule has 0 aliphatic carbocycles. The van der Waals surface area contributed by atoms with Gasteiger partial charge in [-0.3, -0.25) is 15.6 Å². The van der Waals surface area contributed by atoms with Gasteiger partial charge in [-0.1, -0.05) is 18.2 Å². The molecule has 1 aromatic rings. The average Bonchev–Trinajstić information content (AvgIpc) is 2.52. The molecule has 0 saturated heterocycles. The monoisotopic (exact) mass is 305 g/mol. The largest absolute Gasteiger partial charge is 0.462 e. The van der Waals surface area contributed by atoms with Crippen LogP contribution in [0.25, 0.3) is 0 Å². The van der Waals surface area contributed by atoms with Crippen LogP contribution in [0.2, 0.25) is 0 Å². The molecule has 1 aromatic carbocycles. The predicted octanol–water partition coefficient (Wildman–Crippen LogP) is 1.58. The summed E-state index contributed by atoms with van der Waals surface area (Å²) in [5.41, 5.74) is 5.29. The molecule has 21 heavy (non-hydrogen) atoms. The number of nitriles is 1. The first-order valence-corrected chi connectivity index (χ1v) is 7.33. The SMILES string of the molecule is CCOC(=O)/C(C#N)=C(\NNC(=O)c1ccccc1)SC. The number of thioether (sulfide) groups is 1. The summed E-state index contributed by atoms with van der Waals surface area (Å²) in [6.07, 6.45) is 1.67. The van der Waals surface area contributed by atoms with Crippen LogP contribution in [0.3, 0.4) is 0 Å². The Hall–Kier alpha value is -2.46. The fourth-order valence-electron chi connectivity index (χ4n) is 1.38. The molecule has 6 nitrogen and oxygen atoms in total. The molecular weight excluding hydrogens is 290 g/mol. The minimum atomic E-state index is -0.731. The first-order valence-electron chi connectivity index (χ1n) is 6.10. The summed E-state index contributed by atoms with van der Waals surface area (Å²) >= 11 is 1.12. The Labute approximate surface area is 127 Å². The van der Waals surface area contributed by atoms with E-state index in [2.05, 4.69) is 10.9 Å². The fourth-order valence-corrected chi connectivity index (χ4v) is 1.87. The minimum Gasteiger partial charge on any atom is -0.462 e. The topological polar surface area (TPSA) is 91.2 Å². The van der Waals surface area contributed by atoms with Crippen LogP contribution in [0.4, 0.5) is 0 Å². The highest BCUT2D eigenvalue weighted by Crippen LogP contribution is 2.14. The first-order chi connectivity index (χ1) is 10.1. The normalized spacial score (nSPS) is 10.9. The van der Waals surface area contributed by atoms with Crippen molar-refractivity contribution in [2.75, 3.05) is 12.9 Å². The van der Waals surface area contributed by atoms with E-state index < -0.39 is 5.97 Å². The Kier molecular flexibility index (Phi) is 6.84. The second kappa shape index (κ2) is 8.66. The number of hydrazine groups is 1. The van der Waals surface area contributed by atoms with E-state index >= 15 is 0 Å². The molecule has 0 fully saturated rings. The van der Waals surface area contributed by atoms with Crippen LogP contribution in [-0.2, 0) is 9.53 Å². The second-order valence-electron chi connectivity index (χ2n) is 3.69. The third-order valence-corrected chi connectivity index (χ3v) is 3.06. The lowest BCUT2D eigenvalue weighted by atomic mass is 10.2. The molecule has 0 bridgehead atoms. The van der Waals surface area contributed by atoms with E-state index in [1.807, 2.05) is 0 Å². The lowest BCUT2D eigenvalue weighted by Gasteiger charge is -2.11. The molecule has 1 rings (SSSR count). The van der Waals surface area contributed by atoms with Crippen molar-refractivity contribution in [2.45, 2.75) is 6.92 Å². The third-order valence-electron chi connectivity index (χ3n) is 2.35. The van der Waals surface area contributed by atoms with E-state index in [-0.39, 0.29) is 23.1 Å². The highest BCUT2D eigenvalue weighted by Gasteiger charge is 2.17. The zero-order chi connectivity index (χ0) is 15.7. The molecule has 0 radical (unpaired) electrons. The van der Waals surface area contributed by atoms with Crippen LogP contribution in [0, 0.1) is 11.3 Å². The Morgan fingerprint density at radius 2 is 1.95 bits per heavy atom. The Bertz CT molecular complexity index is 579. The standard InChI is InChI=1S/C14H15N3O3S/c1-3-20-14(19)11(9-15)13(21-2)17-16-12(18)10-7-5-4-6-8-10/h4-8,17H,3H2,1-2H3,(H,16,18)/b13-11+. The Morgan fingerprint density at radius 1 is 1.29 bits per heavy atom. The number of amides is 1. The van der Waals surface area contributed by atoms with Crippen LogP contribution in [0.5, 0.6) is 0 Å². The van der Waals surface area contributed by atoms with Gasteiger partial charge in [0.1, 0.15) is 11.1 Å². The maximum absolute atomic E-state index is 11.9. The molecular formula is C14H15N3O3S. The van der Waals surface area contributed by atoms with Gasteiger partial charge in [0.15, 0.2) is 5.57 Å². The number of benzene rings is 1. The number of carbonyl (C=O) groups is 2. The quantitative estimate of drug-likeness (QED) is 0.359. The van der Waals surface area contributed by atoms with Gasteiger partial charge in [-0.15, -0.1) is 11.8 Å². The van der Waals surface area contributed by atoms with E-state index in [4.69, 9.17) is 10.00 Å². The van der Waals surface area contributed by atoms with Crippen molar-refractivity contribution in [2.24, 2.45) is 0 Å². The molecule has 0 saturated carbocycles. The molecule has 0 atom stereocenters. The average molecular weight is 305 g/mol. The molecule has 0 spiro atoms. The Morgan fingerprint density at radius 3 is 2.48 bits per heavy atom. The van der Waals surface area contributed by atoms with Crippen molar-refractivity contribution < 1.29 is 14.3 Å². The van der Waals surface area contributed by atoms with E-state index in [0.717, 1.165) is 11.8 Å². The number of carbonyl (C=O) groups excluding carboxylic acids is 2. The molecule has 0 aliphatic heterocycles. The summed E-state index contributed by atoms with van der Waals surface area (Å²) in [5, 5.41) is 9.25. The third kappa shape index (κ3) is 4.85. The van der Waals surface area contributed by atoms with Crippen molar-refractivity contribution in [1.82, 2.24) is 10.9 Å². The summed E-state index contributed by atoms with van der Waals surface area (Å²) in [6.45, 7) is 1.82. The van der Waals surface area contributed by atoms with Crippen LogP contribution in [-0.4, -0.2) is 24.7 Å². The summed E-state index contributed by atoms with van der Waals surface area (Å²) in [4.78, 5) is 23.5. The number of rotatable bonds is 6. The van der Waals surface area contributed by atoms with Gasteiger partial charge >= 0.3 is 5.97 Å².